The summed E-state index contributed by atoms with van der Waals surface area (Å²) in [6.45, 7) is 1.37. The van der Waals surface area contributed by atoms with Crippen LogP contribution in [0, 0.1) is 5.82 Å². The molecule has 1 fully saturated rings. The van der Waals surface area contributed by atoms with Crippen molar-refractivity contribution in [3.63, 3.8) is 0 Å². The number of rotatable bonds is 1. The molecule has 19 heavy (non-hydrogen) atoms. The molecule has 0 saturated carbocycles. The molecular formula is C12H14ClFN2O2S. The highest BCUT2D eigenvalue weighted by Crippen LogP contribution is 2.36. The van der Waals surface area contributed by atoms with Crippen molar-refractivity contribution in [2.24, 2.45) is 0 Å². The van der Waals surface area contributed by atoms with E-state index in [1.165, 1.54) is 6.07 Å². The van der Waals surface area contributed by atoms with Crippen LogP contribution in [0.25, 0.3) is 0 Å². The van der Waals surface area contributed by atoms with Crippen molar-refractivity contribution in [3.8, 4) is 0 Å². The quantitative estimate of drug-likeness (QED) is 0.861. The van der Waals surface area contributed by atoms with Crippen molar-refractivity contribution in [2.75, 3.05) is 34.8 Å². The normalized spacial score (nSPS) is 24.9. The number of hydrogen-bond donors (Lipinski definition) is 1. The van der Waals surface area contributed by atoms with Crippen LogP contribution in [0.15, 0.2) is 12.1 Å². The smallest absolute Gasteiger partial charge is 0.152 e. The Morgan fingerprint density at radius 2 is 2.21 bits per heavy atom. The van der Waals surface area contributed by atoms with E-state index in [0.717, 1.165) is 5.69 Å². The summed E-state index contributed by atoms with van der Waals surface area (Å²) in [6, 6.07) is 2.91. The van der Waals surface area contributed by atoms with Crippen molar-refractivity contribution >= 4 is 32.8 Å². The van der Waals surface area contributed by atoms with Crippen LogP contribution in [0.5, 0.6) is 0 Å². The topological polar surface area (TPSA) is 49.4 Å². The maximum absolute atomic E-state index is 13.4. The molecule has 2 aliphatic heterocycles. The summed E-state index contributed by atoms with van der Waals surface area (Å²) in [5, 5.41) is 3.18. The Kier molecular flexibility index (Phi) is 3.09. The van der Waals surface area contributed by atoms with E-state index in [1.807, 2.05) is 4.90 Å². The first-order chi connectivity index (χ1) is 8.96. The molecule has 1 N–H and O–H groups in total. The van der Waals surface area contributed by atoms with Crippen LogP contribution in [0.2, 0.25) is 5.02 Å². The molecule has 1 aromatic rings. The molecule has 1 atom stereocenters. The van der Waals surface area contributed by atoms with E-state index in [4.69, 9.17) is 11.6 Å². The number of halogens is 2. The monoisotopic (exact) mass is 304 g/mol. The number of benzene rings is 1. The van der Waals surface area contributed by atoms with Crippen molar-refractivity contribution in [3.05, 3.63) is 23.0 Å². The Labute approximate surface area is 116 Å². The fourth-order valence-corrected chi connectivity index (χ4v) is 4.64. The van der Waals surface area contributed by atoms with Gasteiger partial charge < -0.3 is 10.2 Å². The van der Waals surface area contributed by atoms with Gasteiger partial charge in [-0.3, -0.25) is 0 Å². The van der Waals surface area contributed by atoms with Crippen LogP contribution in [0.1, 0.15) is 6.42 Å². The molecule has 1 aromatic carbocycles. The second-order valence-corrected chi connectivity index (χ2v) is 7.60. The van der Waals surface area contributed by atoms with Gasteiger partial charge in [0.15, 0.2) is 9.84 Å². The predicted octanol–water partition coefficient (Wildman–Crippen LogP) is 1.90. The lowest BCUT2D eigenvalue weighted by Crippen LogP contribution is -2.42. The summed E-state index contributed by atoms with van der Waals surface area (Å²) in [4.78, 5) is 2.03. The fraction of sp³-hybridized carbons (Fsp3) is 0.500. The predicted molar refractivity (Wildman–Crippen MR) is 74.3 cm³/mol. The van der Waals surface area contributed by atoms with Crippen LogP contribution < -0.4 is 10.2 Å². The molecule has 0 aliphatic carbocycles. The van der Waals surface area contributed by atoms with Crippen LogP contribution in [0.3, 0.4) is 0 Å². The van der Waals surface area contributed by atoms with Gasteiger partial charge in [0.2, 0.25) is 0 Å². The number of anilines is 2. The Morgan fingerprint density at radius 1 is 1.42 bits per heavy atom. The summed E-state index contributed by atoms with van der Waals surface area (Å²) in [5.41, 5.74) is 1.47. The molecule has 3 rings (SSSR count). The van der Waals surface area contributed by atoms with Crippen molar-refractivity contribution in [2.45, 2.75) is 12.5 Å². The van der Waals surface area contributed by atoms with Gasteiger partial charge >= 0.3 is 0 Å². The third-order valence-electron chi connectivity index (χ3n) is 3.67. The molecule has 2 aliphatic rings. The van der Waals surface area contributed by atoms with Crippen molar-refractivity contribution < 1.29 is 12.8 Å². The molecule has 7 heteroatoms. The van der Waals surface area contributed by atoms with E-state index in [0.29, 0.717) is 25.2 Å². The molecule has 104 valence electrons. The highest BCUT2D eigenvalue weighted by Gasteiger charge is 2.34. The molecule has 4 nitrogen and oxygen atoms in total. The molecule has 1 unspecified atom stereocenters. The van der Waals surface area contributed by atoms with E-state index in [-0.39, 0.29) is 22.6 Å². The number of fused-ring (bicyclic) bond motifs is 1. The number of sulfone groups is 1. The van der Waals surface area contributed by atoms with E-state index in [1.54, 1.807) is 6.07 Å². The second kappa shape index (κ2) is 4.52. The summed E-state index contributed by atoms with van der Waals surface area (Å²) in [6.07, 6.45) is 0.622. The minimum absolute atomic E-state index is 0.0348. The highest BCUT2D eigenvalue weighted by molar-refractivity contribution is 7.91. The Hall–Kier alpha value is -1.01. The minimum Gasteiger partial charge on any atom is -0.382 e. The van der Waals surface area contributed by atoms with E-state index < -0.39 is 15.7 Å². The third-order valence-corrected chi connectivity index (χ3v) is 5.71. The molecule has 0 spiro atoms. The summed E-state index contributed by atoms with van der Waals surface area (Å²) in [5.74, 6) is -0.0679. The van der Waals surface area contributed by atoms with Gasteiger partial charge in [-0.25, -0.2) is 12.8 Å². The molecule has 0 bridgehead atoms. The lowest BCUT2D eigenvalue weighted by atomic mass is 10.1. The summed E-state index contributed by atoms with van der Waals surface area (Å²) >= 11 is 5.83. The average Bonchev–Trinajstić information content (AvgIpc) is 2.70. The Morgan fingerprint density at radius 3 is 2.89 bits per heavy atom. The Bertz CT molecular complexity index is 620. The first-order valence-electron chi connectivity index (χ1n) is 6.16. The van der Waals surface area contributed by atoms with Gasteiger partial charge in [0.25, 0.3) is 0 Å². The molecular weight excluding hydrogens is 291 g/mol. The molecule has 0 amide bonds. The van der Waals surface area contributed by atoms with Gasteiger partial charge in [-0.2, -0.15) is 0 Å². The van der Waals surface area contributed by atoms with Gasteiger partial charge in [0.1, 0.15) is 5.82 Å². The van der Waals surface area contributed by atoms with Crippen LogP contribution in [-0.2, 0) is 9.84 Å². The zero-order chi connectivity index (χ0) is 13.6. The maximum atomic E-state index is 13.4. The zero-order valence-corrected chi connectivity index (χ0v) is 11.8. The SMILES string of the molecule is O=S1(=O)CCC(N2CCNc3cc(F)c(Cl)cc32)C1. The zero-order valence-electron chi connectivity index (χ0n) is 10.2. The van der Waals surface area contributed by atoms with Crippen molar-refractivity contribution in [1.82, 2.24) is 0 Å². The molecule has 0 radical (unpaired) electrons. The fourth-order valence-electron chi connectivity index (χ4n) is 2.75. The van der Waals surface area contributed by atoms with Crippen molar-refractivity contribution in [1.29, 1.82) is 0 Å². The average molecular weight is 305 g/mol. The summed E-state index contributed by atoms with van der Waals surface area (Å²) in [7, 11) is -2.93. The highest BCUT2D eigenvalue weighted by atomic mass is 35.5. The lowest BCUT2D eigenvalue weighted by molar-refractivity contribution is 0.598. The third kappa shape index (κ3) is 2.39. The number of hydrogen-bond acceptors (Lipinski definition) is 4. The van der Waals surface area contributed by atoms with Crippen LogP contribution in [-0.4, -0.2) is 39.1 Å². The molecule has 0 aromatic heterocycles. The van der Waals surface area contributed by atoms with E-state index in [9.17, 15) is 12.8 Å². The first kappa shape index (κ1) is 13.0. The van der Waals surface area contributed by atoms with Gasteiger partial charge in [-0.05, 0) is 12.5 Å². The van der Waals surface area contributed by atoms with Gasteiger partial charge in [0, 0.05) is 25.2 Å². The number of nitrogens with zero attached hydrogens (tertiary/aromatic N) is 1. The Balaban J connectivity index is 1.97. The van der Waals surface area contributed by atoms with Gasteiger partial charge in [-0.1, -0.05) is 11.6 Å². The lowest BCUT2D eigenvalue weighted by Gasteiger charge is -2.36. The van der Waals surface area contributed by atoms with E-state index >= 15 is 0 Å². The molecule has 2 heterocycles. The minimum atomic E-state index is -2.93. The van der Waals surface area contributed by atoms with Crippen LogP contribution >= 0.6 is 11.6 Å². The first-order valence-corrected chi connectivity index (χ1v) is 8.36. The largest absolute Gasteiger partial charge is 0.382 e. The van der Waals surface area contributed by atoms with Crippen LogP contribution in [0.4, 0.5) is 15.8 Å². The van der Waals surface area contributed by atoms with Gasteiger partial charge in [-0.15, -0.1) is 0 Å². The van der Waals surface area contributed by atoms with E-state index in [2.05, 4.69) is 5.32 Å². The van der Waals surface area contributed by atoms with Gasteiger partial charge in [0.05, 0.1) is 27.9 Å². The molecule has 1 saturated heterocycles. The number of nitrogens with one attached hydrogen (secondary N) is 1. The summed E-state index contributed by atoms with van der Waals surface area (Å²) < 4.78 is 36.6. The maximum Gasteiger partial charge on any atom is 0.152 e. The second-order valence-electron chi connectivity index (χ2n) is 4.96. The standard InChI is InChI=1S/C12H14ClFN2O2S/c13-9-5-12-11(6-10(9)14)15-2-3-16(12)8-1-4-19(17,18)7-8/h5-6,8,15H,1-4,7H2.